The van der Waals surface area contributed by atoms with E-state index in [1.807, 2.05) is 17.2 Å². The van der Waals surface area contributed by atoms with Crippen LogP contribution >= 0.6 is 24.0 Å². The van der Waals surface area contributed by atoms with Crippen molar-refractivity contribution in [3.8, 4) is 0 Å². The molecule has 1 aromatic carbocycles. The first-order valence-electron chi connectivity index (χ1n) is 10.1. The number of carbonyl (C=O) groups is 1. The number of amides is 1. The minimum Gasteiger partial charge on any atom is -0.385 e. The number of nitrogens with zero attached hydrogens (tertiary/aromatic N) is 3. The number of hydrogen-bond donors (Lipinski definition) is 0. The lowest BCUT2D eigenvalue weighted by Crippen LogP contribution is -2.40. The van der Waals surface area contributed by atoms with Crippen LogP contribution in [0.2, 0.25) is 0 Å². The fraction of sp³-hybridized carbons (Fsp3) is 0.524. The average molecular weight is 454 g/mol. The highest BCUT2D eigenvalue weighted by atomic mass is 32.2. The van der Waals surface area contributed by atoms with Gasteiger partial charge in [0, 0.05) is 64.7 Å². The maximum Gasteiger partial charge on any atom is 0.267 e. The van der Waals surface area contributed by atoms with E-state index in [-0.39, 0.29) is 11.7 Å². The first kappa shape index (κ1) is 23.1. The highest BCUT2D eigenvalue weighted by Crippen LogP contribution is 2.31. The number of thiocarbonyl (C=S) groups is 1. The third kappa shape index (κ3) is 6.49. The summed E-state index contributed by atoms with van der Waals surface area (Å²) in [6.45, 7) is 6.24. The molecule has 0 atom stereocenters. The number of hydrogen-bond acceptors (Lipinski definition) is 7. The van der Waals surface area contributed by atoms with Crippen molar-refractivity contribution in [2.24, 2.45) is 0 Å². The fourth-order valence-electron chi connectivity index (χ4n) is 3.35. The van der Waals surface area contributed by atoms with E-state index >= 15 is 0 Å². The van der Waals surface area contributed by atoms with E-state index in [4.69, 9.17) is 21.7 Å². The molecular formula is C21H28FN3O3S2. The SMILES string of the molecule is COCCCN1C(=O)/C(=C/N(CCN2CCOCC2)Cc2ccccc2F)SC1=S. The Morgan fingerprint density at radius 3 is 2.80 bits per heavy atom. The Labute approximate surface area is 187 Å². The molecule has 2 saturated heterocycles. The second kappa shape index (κ2) is 11.8. The van der Waals surface area contributed by atoms with Gasteiger partial charge in [-0.2, -0.15) is 0 Å². The highest BCUT2D eigenvalue weighted by Gasteiger charge is 2.32. The first-order valence-corrected chi connectivity index (χ1v) is 11.3. The van der Waals surface area contributed by atoms with E-state index in [0.717, 1.165) is 39.3 Å². The van der Waals surface area contributed by atoms with E-state index in [1.54, 1.807) is 24.1 Å². The Balaban J connectivity index is 1.71. The Kier molecular flexibility index (Phi) is 9.07. The molecule has 9 heteroatoms. The molecule has 0 radical (unpaired) electrons. The maximum absolute atomic E-state index is 14.2. The molecule has 0 saturated carbocycles. The zero-order chi connectivity index (χ0) is 21.3. The van der Waals surface area contributed by atoms with Crippen LogP contribution in [0.15, 0.2) is 35.4 Å². The molecule has 0 aliphatic carbocycles. The molecule has 1 aromatic rings. The minimum absolute atomic E-state index is 0.0917. The van der Waals surface area contributed by atoms with E-state index in [0.29, 0.717) is 41.0 Å². The molecule has 2 fully saturated rings. The van der Waals surface area contributed by atoms with Crippen LogP contribution in [0, 0.1) is 5.82 Å². The van der Waals surface area contributed by atoms with Gasteiger partial charge < -0.3 is 14.4 Å². The Morgan fingerprint density at radius 2 is 2.07 bits per heavy atom. The number of halogens is 1. The van der Waals surface area contributed by atoms with E-state index in [1.165, 1.54) is 17.8 Å². The van der Waals surface area contributed by atoms with Crippen molar-refractivity contribution < 1.29 is 18.7 Å². The first-order chi connectivity index (χ1) is 14.6. The lowest BCUT2D eigenvalue weighted by molar-refractivity contribution is -0.122. The summed E-state index contributed by atoms with van der Waals surface area (Å²) in [5.74, 6) is -0.333. The van der Waals surface area contributed by atoms with Gasteiger partial charge in [0.1, 0.15) is 10.1 Å². The van der Waals surface area contributed by atoms with Crippen molar-refractivity contribution >= 4 is 34.2 Å². The van der Waals surface area contributed by atoms with Crippen molar-refractivity contribution in [1.29, 1.82) is 0 Å². The zero-order valence-corrected chi connectivity index (χ0v) is 18.9. The summed E-state index contributed by atoms with van der Waals surface area (Å²) in [5.41, 5.74) is 0.603. The fourth-order valence-corrected chi connectivity index (χ4v) is 4.66. The second-order valence-corrected chi connectivity index (χ2v) is 8.86. The van der Waals surface area contributed by atoms with Crippen molar-refractivity contribution in [2.75, 3.05) is 59.7 Å². The largest absolute Gasteiger partial charge is 0.385 e. The van der Waals surface area contributed by atoms with Crippen LogP contribution in [0.4, 0.5) is 4.39 Å². The molecule has 2 heterocycles. The average Bonchev–Trinajstić information content (AvgIpc) is 3.02. The van der Waals surface area contributed by atoms with Crippen molar-refractivity contribution in [3.63, 3.8) is 0 Å². The van der Waals surface area contributed by atoms with E-state index in [9.17, 15) is 9.18 Å². The lowest BCUT2D eigenvalue weighted by atomic mass is 10.2. The predicted octanol–water partition coefficient (Wildman–Crippen LogP) is 2.70. The van der Waals surface area contributed by atoms with Crippen LogP contribution < -0.4 is 0 Å². The molecule has 30 heavy (non-hydrogen) atoms. The van der Waals surface area contributed by atoms with Crippen LogP contribution in [0.5, 0.6) is 0 Å². The topological polar surface area (TPSA) is 45.2 Å². The zero-order valence-electron chi connectivity index (χ0n) is 17.2. The van der Waals surface area contributed by atoms with Crippen LogP contribution in [0.3, 0.4) is 0 Å². The molecule has 1 amide bonds. The Bertz CT molecular complexity index is 772. The number of thioether (sulfide) groups is 1. The van der Waals surface area contributed by atoms with Gasteiger partial charge in [-0.25, -0.2) is 4.39 Å². The summed E-state index contributed by atoms with van der Waals surface area (Å²) in [6, 6.07) is 6.75. The van der Waals surface area contributed by atoms with Gasteiger partial charge in [0.2, 0.25) is 0 Å². The van der Waals surface area contributed by atoms with Gasteiger partial charge in [0.05, 0.1) is 18.1 Å². The molecule has 0 bridgehead atoms. The summed E-state index contributed by atoms with van der Waals surface area (Å²) < 4.78 is 25.3. The van der Waals surface area contributed by atoms with Gasteiger partial charge in [-0.1, -0.05) is 42.2 Å². The number of ether oxygens (including phenoxy) is 2. The van der Waals surface area contributed by atoms with Crippen molar-refractivity contribution in [1.82, 2.24) is 14.7 Å². The van der Waals surface area contributed by atoms with E-state index < -0.39 is 0 Å². The molecular weight excluding hydrogens is 425 g/mol. The normalized spacial score (nSPS) is 19.1. The van der Waals surface area contributed by atoms with Crippen LogP contribution in [-0.4, -0.2) is 84.6 Å². The monoisotopic (exact) mass is 453 g/mol. The molecule has 6 nitrogen and oxygen atoms in total. The van der Waals surface area contributed by atoms with Crippen molar-refractivity contribution in [2.45, 2.75) is 13.0 Å². The van der Waals surface area contributed by atoms with Gasteiger partial charge in [-0.15, -0.1) is 0 Å². The molecule has 0 aromatic heterocycles. The van der Waals surface area contributed by atoms with Gasteiger partial charge in [-0.05, 0) is 12.5 Å². The lowest BCUT2D eigenvalue weighted by Gasteiger charge is -2.29. The molecule has 3 rings (SSSR count). The smallest absolute Gasteiger partial charge is 0.267 e. The number of methoxy groups -OCH3 is 1. The van der Waals surface area contributed by atoms with Gasteiger partial charge in [0.15, 0.2) is 0 Å². The Morgan fingerprint density at radius 1 is 1.30 bits per heavy atom. The number of morpholine rings is 1. The third-order valence-corrected chi connectivity index (χ3v) is 6.41. The van der Waals surface area contributed by atoms with Gasteiger partial charge in [-0.3, -0.25) is 14.6 Å². The quantitative estimate of drug-likeness (QED) is 0.307. The summed E-state index contributed by atoms with van der Waals surface area (Å²) in [5, 5.41) is 0. The molecule has 164 valence electrons. The van der Waals surface area contributed by atoms with Crippen molar-refractivity contribution in [3.05, 3.63) is 46.8 Å². The van der Waals surface area contributed by atoms with E-state index in [2.05, 4.69) is 4.90 Å². The molecule has 0 spiro atoms. The molecule has 0 N–H and O–H groups in total. The molecule has 2 aliphatic rings. The Hall–Kier alpha value is -1.52. The summed E-state index contributed by atoms with van der Waals surface area (Å²) in [4.78, 5) is 19.4. The summed E-state index contributed by atoms with van der Waals surface area (Å²) in [6.07, 6.45) is 2.56. The highest BCUT2D eigenvalue weighted by molar-refractivity contribution is 8.26. The molecule has 0 unspecified atom stereocenters. The van der Waals surface area contributed by atoms with Crippen LogP contribution in [0.25, 0.3) is 0 Å². The molecule has 2 aliphatic heterocycles. The van der Waals surface area contributed by atoms with Crippen LogP contribution in [0.1, 0.15) is 12.0 Å². The predicted molar refractivity (Wildman–Crippen MR) is 121 cm³/mol. The summed E-state index contributed by atoms with van der Waals surface area (Å²) >= 11 is 6.70. The van der Waals surface area contributed by atoms with Crippen LogP contribution in [-0.2, 0) is 20.8 Å². The van der Waals surface area contributed by atoms with Gasteiger partial charge in [0.25, 0.3) is 5.91 Å². The standard InChI is InChI=1S/C21H28FN3O3S2/c1-27-12-4-7-25-20(26)19(30-21(25)29)16-24(9-8-23-10-13-28-14-11-23)15-17-5-2-3-6-18(17)22/h2-3,5-6,16H,4,7-15H2,1H3/b19-16-. The summed E-state index contributed by atoms with van der Waals surface area (Å²) in [7, 11) is 1.64. The number of benzene rings is 1. The third-order valence-electron chi connectivity index (χ3n) is 5.04. The number of carbonyl (C=O) groups excluding carboxylic acids is 1. The number of rotatable bonds is 10. The second-order valence-electron chi connectivity index (χ2n) is 7.18. The maximum atomic E-state index is 14.2. The van der Waals surface area contributed by atoms with Gasteiger partial charge >= 0.3 is 0 Å². The minimum atomic E-state index is -0.241.